The maximum atomic E-state index is 9.41. The minimum Gasteiger partial charge on any atom is -0.508 e. The summed E-state index contributed by atoms with van der Waals surface area (Å²) in [6.45, 7) is 0. The van der Waals surface area contributed by atoms with Gasteiger partial charge in [0.25, 0.3) is 0 Å². The zero-order valence-corrected chi connectivity index (χ0v) is 11.8. The molecule has 0 aliphatic rings. The van der Waals surface area contributed by atoms with Gasteiger partial charge in [0.1, 0.15) is 5.75 Å². The molecule has 2 aromatic carbocycles. The third kappa shape index (κ3) is 2.36. The third-order valence-electron chi connectivity index (χ3n) is 3.41. The van der Waals surface area contributed by atoms with Gasteiger partial charge in [-0.25, -0.2) is 0 Å². The van der Waals surface area contributed by atoms with Gasteiger partial charge in [0.05, 0.1) is 19.9 Å². The van der Waals surface area contributed by atoms with E-state index >= 15 is 0 Å². The van der Waals surface area contributed by atoms with Crippen molar-refractivity contribution in [2.75, 3.05) is 14.2 Å². The van der Waals surface area contributed by atoms with Gasteiger partial charge in [0.2, 0.25) is 0 Å². The summed E-state index contributed by atoms with van der Waals surface area (Å²) in [5.41, 5.74) is 1.78. The van der Waals surface area contributed by atoms with Crippen LogP contribution in [0.5, 0.6) is 17.2 Å². The Morgan fingerprint density at radius 2 is 1.57 bits per heavy atom. The fourth-order valence-electron chi connectivity index (χ4n) is 2.35. The Kier molecular flexibility index (Phi) is 3.36. The van der Waals surface area contributed by atoms with E-state index in [0.29, 0.717) is 11.5 Å². The van der Waals surface area contributed by atoms with Crippen LogP contribution >= 0.6 is 0 Å². The molecule has 0 atom stereocenters. The Morgan fingerprint density at radius 3 is 2.24 bits per heavy atom. The highest BCUT2D eigenvalue weighted by molar-refractivity contribution is 5.96. The SMILES string of the molecule is COc1cc2ccnc(-c3ccc(O)cc3)c2cc1OC. The highest BCUT2D eigenvalue weighted by Gasteiger charge is 2.11. The molecule has 0 saturated carbocycles. The van der Waals surface area contributed by atoms with Gasteiger partial charge in [-0.3, -0.25) is 4.98 Å². The van der Waals surface area contributed by atoms with E-state index < -0.39 is 0 Å². The van der Waals surface area contributed by atoms with E-state index in [0.717, 1.165) is 22.0 Å². The third-order valence-corrected chi connectivity index (χ3v) is 3.41. The quantitative estimate of drug-likeness (QED) is 0.796. The first-order valence-electron chi connectivity index (χ1n) is 6.53. The molecule has 21 heavy (non-hydrogen) atoms. The lowest BCUT2D eigenvalue weighted by Gasteiger charge is -2.11. The molecule has 0 spiro atoms. The van der Waals surface area contributed by atoms with Crippen LogP contribution in [0.2, 0.25) is 0 Å². The lowest BCUT2D eigenvalue weighted by molar-refractivity contribution is 0.356. The number of ether oxygens (including phenoxy) is 2. The number of rotatable bonds is 3. The molecule has 106 valence electrons. The second-order valence-electron chi connectivity index (χ2n) is 4.63. The van der Waals surface area contributed by atoms with E-state index in [9.17, 15) is 5.11 Å². The lowest BCUT2D eigenvalue weighted by Crippen LogP contribution is -1.92. The summed E-state index contributed by atoms with van der Waals surface area (Å²) in [5.74, 6) is 1.59. The van der Waals surface area contributed by atoms with Gasteiger partial charge in [-0.2, -0.15) is 0 Å². The summed E-state index contributed by atoms with van der Waals surface area (Å²) in [6, 6.07) is 12.8. The van der Waals surface area contributed by atoms with Crippen molar-refractivity contribution >= 4 is 10.8 Å². The standard InChI is InChI=1S/C17H15NO3/c1-20-15-9-12-7-8-18-17(14(12)10-16(15)21-2)11-3-5-13(19)6-4-11/h3-10,19H,1-2H3. The summed E-state index contributed by atoms with van der Waals surface area (Å²) >= 11 is 0. The molecular formula is C17H15NO3. The molecule has 0 aliphatic heterocycles. The number of pyridine rings is 1. The number of nitrogens with zero attached hydrogens (tertiary/aromatic N) is 1. The molecule has 0 fully saturated rings. The number of benzene rings is 2. The molecule has 0 radical (unpaired) electrons. The molecule has 3 aromatic rings. The van der Waals surface area contributed by atoms with Crippen molar-refractivity contribution in [3.8, 4) is 28.5 Å². The van der Waals surface area contributed by atoms with Gasteiger partial charge in [-0.15, -0.1) is 0 Å². The van der Waals surface area contributed by atoms with Crippen LogP contribution in [-0.4, -0.2) is 24.3 Å². The minimum atomic E-state index is 0.234. The molecule has 1 aromatic heterocycles. The molecular weight excluding hydrogens is 266 g/mol. The van der Waals surface area contributed by atoms with Crippen LogP contribution in [0.15, 0.2) is 48.7 Å². The molecule has 1 heterocycles. The predicted octanol–water partition coefficient (Wildman–Crippen LogP) is 3.62. The van der Waals surface area contributed by atoms with Crippen LogP contribution in [0.25, 0.3) is 22.0 Å². The fourth-order valence-corrected chi connectivity index (χ4v) is 2.35. The molecule has 4 heteroatoms. The molecule has 3 rings (SSSR count). The smallest absolute Gasteiger partial charge is 0.161 e. The molecule has 0 aliphatic carbocycles. The van der Waals surface area contributed by atoms with Crippen molar-refractivity contribution in [1.29, 1.82) is 0 Å². The van der Waals surface area contributed by atoms with Crippen molar-refractivity contribution < 1.29 is 14.6 Å². The summed E-state index contributed by atoms with van der Waals surface area (Å²) in [7, 11) is 3.23. The maximum Gasteiger partial charge on any atom is 0.161 e. The zero-order valence-electron chi connectivity index (χ0n) is 11.8. The van der Waals surface area contributed by atoms with E-state index in [4.69, 9.17) is 9.47 Å². The molecule has 0 bridgehead atoms. The van der Waals surface area contributed by atoms with Crippen LogP contribution in [0.3, 0.4) is 0 Å². The average molecular weight is 281 g/mol. The topological polar surface area (TPSA) is 51.6 Å². The monoisotopic (exact) mass is 281 g/mol. The summed E-state index contributed by atoms with van der Waals surface area (Å²) in [6.07, 6.45) is 1.76. The van der Waals surface area contributed by atoms with E-state index in [1.165, 1.54) is 0 Å². The fraction of sp³-hybridized carbons (Fsp3) is 0.118. The number of hydrogen-bond acceptors (Lipinski definition) is 4. The van der Waals surface area contributed by atoms with E-state index in [2.05, 4.69) is 4.98 Å². The maximum absolute atomic E-state index is 9.41. The van der Waals surface area contributed by atoms with Crippen LogP contribution in [0.4, 0.5) is 0 Å². The van der Waals surface area contributed by atoms with Crippen molar-refractivity contribution in [2.24, 2.45) is 0 Å². The molecule has 1 N–H and O–H groups in total. The Hall–Kier alpha value is -2.75. The summed E-state index contributed by atoms with van der Waals surface area (Å²) in [5, 5.41) is 11.4. The van der Waals surface area contributed by atoms with E-state index in [1.807, 2.05) is 30.3 Å². The van der Waals surface area contributed by atoms with Gasteiger partial charge < -0.3 is 14.6 Å². The number of methoxy groups -OCH3 is 2. The number of phenols is 1. The van der Waals surface area contributed by atoms with Crippen LogP contribution in [0, 0.1) is 0 Å². The van der Waals surface area contributed by atoms with Crippen molar-refractivity contribution in [3.63, 3.8) is 0 Å². The Morgan fingerprint density at radius 1 is 0.905 bits per heavy atom. The number of hydrogen-bond donors (Lipinski definition) is 1. The van der Waals surface area contributed by atoms with Gasteiger partial charge >= 0.3 is 0 Å². The van der Waals surface area contributed by atoms with Gasteiger partial charge in [0.15, 0.2) is 11.5 Å². The number of fused-ring (bicyclic) bond motifs is 1. The zero-order chi connectivity index (χ0) is 14.8. The van der Waals surface area contributed by atoms with Gasteiger partial charge in [-0.1, -0.05) is 0 Å². The lowest BCUT2D eigenvalue weighted by atomic mass is 10.0. The Bertz CT molecular complexity index is 782. The summed E-state index contributed by atoms with van der Waals surface area (Å²) < 4.78 is 10.7. The predicted molar refractivity (Wildman–Crippen MR) is 81.9 cm³/mol. The van der Waals surface area contributed by atoms with E-state index in [1.54, 1.807) is 32.5 Å². The molecule has 0 unspecified atom stereocenters. The largest absolute Gasteiger partial charge is 0.508 e. The second-order valence-corrected chi connectivity index (χ2v) is 4.63. The van der Waals surface area contributed by atoms with Crippen LogP contribution in [-0.2, 0) is 0 Å². The Labute approximate surface area is 122 Å². The Balaban J connectivity index is 2.26. The highest BCUT2D eigenvalue weighted by Crippen LogP contribution is 2.36. The summed E-state index contributed by atoms with van der Waals surface area (Å²) in [4.78, 5) is 4.46. The molecule has 4 nitrogen and oxygen atoms in total. The second kappa shape index (κ2) is 5.32. The first-order chi connectivity index (χ1) is 10.2. The van der Waals surface area contributed by atoms with Crippen LogP contribution in [0.1, 0.15) is 0 Å². The highest BCUT2D eigenvalue weighted by atomic mass is 16.5. The number of phenolic OH excluding ortho intramolecular Hbond substituents is 1. The van der Waals surface area contributed by atoms with E-state index in [-0.39, 0.29) is 5.75 Å². The number of aromatic nitrogens is 1. The van der Waals surface area contributed by atoms with Crippen molar-refractivity contribution in [2.45, 2.75) is 0 Å². The van der Waals surface area contributed by atoms with Crippen molar-refractivity contribution in [3.05, 3.63) is 48.7 Å². The minimum absolute atomic E-state index is 0.234. The average Bonchev–Trinajstić information content (AvgIpc) is 2.53. The number of aromatic hydroxyl groups is 1. The van der Waals surface area contributed by atoms with Gasteiger partial charge in [0, 0.05) is 17.1 Å². The normalized spacial score (nSPS) is 10.6. The molecule has 0 amide bonds. The first-order valence-corrected chi connectivity index (χ1v) is 6.53. The van der Waals surface area contributed by atoms with Crippen LogP contribution < -0.4 is 9.47 Å². The van der Waals surface area contributed by atoms with Gasteiger partial charge in [-0.05, 0) is 47.9 Å². The first kappa shape index (κ1) is 13.2. The van der Waals surface area contributed by atoms with Crippen molar-refractivity contribution in [1.82, 2.24) is 4.98 Å². The molecule has 0 saturated heterocycles.